The predicted molar refractivity (Wildman–Crippen MR) is 543 cm³/mol. The topological polar surface area (TPSA) is 238 Å². The van der Waals surface area contributed by atoms with Crippen molar-refractivity contribution in [1.29, 1.82) is 0 Å². The van der Waals surface area contributed by atoms with Crippen molar-refractivity contribution < 1.29 is 57.1 Å². The Bertz CT molecular complexity index is 4180. The van der Waals surface area contributed by atoms with Gasteiger partial charge in [0.05, 0.1) is 52.9 Å². The fourth-order valence-corrected chi connectivity index (χ4v) is 17.4. The molecule has 1 aliphatic carbocycles. The lowest BCUT2D eigenvalue weighted by Crippen LogP contribution is -2.21. The van der Waals surface area contributed by atoms with Crippen LogP contribution in [0.2, 0.25) is 0 Å². The number of carbonyl (C=O) groups excluding carboxylic acids is 4. The number of hydrogen-bond acceptors (Lipinski definition) is 12. The lowest BCUT2D eigenvalue weighted by Gasteiger charge is -2.25. The third-order valence-electron chi connectivity index (χ3n) is 24.3. The van der Waals surface area contributed by atoms with Gasteiger partial charge in [0.15, 0.2) is 0 Å². The minimum Gasteiger partial charge on any atom is -0.494 e. The van der Waals surface area contributed by atoms with Gasteiger partial charge >= 0.3 is 24.1 Å². The van der Waals surface area contributed by atoms with Crippen molar-refractivity contribution in [3.63, 3.8) is 0 Å². The monoisotopic (exact) mass is 1800 g/mol. The Kier molecular flexibility index (Phi) is 45.5. The molecule has 0 atom stereocenters. The zero-order valence-corrected chi connectivity index (χ0v) is 79.8. The van der Waals surface area contributed by atoms with Crippen LogP contribution >= 0.6 is 0 Å². The summed E-state index contributed by atoms with van der Waals surface area (Å²) in [5.74, 6) is 5.10. The number of ether oxygens (including phenoxy) is 8. The van der Waals surface area contributed by atoms with Crippen molar-refractivity contribution in [3.05, 3.63) is 214 Å². The van der Waals surface area contributed by atoms with E-state index in [-0.39, 0.29) is 25.7 Å². The Morgan fingerprint density at radius 1 is 0.227 bits per heavy atom. The van der Waals surface area contributed by atoms with Gasteiger partial charge in [-0.05, 0) is 200 Å². The minimum atomic E-state index is -0.472. The first-order valence-corrected chi connectivity index (χ1v) is 50.6. The van der Waals surface area contributed by atoms with Crippen molar-refractivity contribution in [2.24, 2.45) is 0 Å². The number of amides is 8. The second-order valence-electron chi connectivity index (χ2n) is 35.8. The highest BCUT2D eigenvalue weighted by Gasteiger charge is 2.28. The SMILES string of the molecule is CCCCCCOc1c2cc3cc1Cc1cc4cc(c1OCCCCCC)Cc1cc(cc(c1OCCCCCC)Cc1cc(cc(c1OCCCCCC)C2)NC(=O)Nc1cccc(c1)OCCCCCCCC=CCCCCCCCOc1cccc(c1)NC(=O)N3)NC(=O)Nc1cccc(c1)OCCCCCCC/C=C/CCCCCCCOc1cccc(c1)NC(=O)N4. The highest BCUT2D eigenvalue weighted by molar-refractivity contribution is 6.03. The Balaban J connectivity index is 1.10. The Morgan fingerprint density at radius 3 is 0.636 bits per heavy atom. The van der Waals surface area contributed by atoms with Crippen LogP contribution in [0.15, 0.2) is 170 Å². The number of anilines is 8. The first-order chi connectivity index (χ1) is 64.9. The molecule has 0 spiro atoms. The van der Waals surface area contributed by atoms with E-state index in [4.69, 9.17) is 37.9 Å². The van der Waals surface area contributed by atoms with E-state index in [0.717, 1.165) is 250 Å². The third-order valence-corrected chi connectivity index (χ3v) is 24.3. The van der Waals surface area contributed by atoms with Crippen molar-refractivity contribution in [2.45, 2.75) is 310 Å². The van der Waals surface area contributed by atoms with E-state index < -0.39 is 24.1 Å². The molecule has 0 radical (unpaired) electrons. The number of benzene rings is 8. The molecule has 0 unspecified atom stereocenters. The number of urea groups is 4. The summed E-state index contributed by atoms with van der Waals surface area (Å²) in [6.45, 7) is 12.6. The van der Waals surface area contributed by atoms with E-state index in [1.54, 1.807) is 0 Å². The highest BCUT2D eigenvalue weighted by atomic mass is 16.5. The molecular weight excluding hydrogens is 1650 g/mol. The normalized spacial score (nSPS) is 16.0. The number of unbranched alkanes of at least 4 members (excludes halogenated alkanes) is 12. The van der Waals surface area contributed by atoms with E-state index in [1.165, 1.54) is 51.4 Å². The Morgan fingerprint density at radius 2 is 0.424 bits per heavy atom. The van der Waals surface area contributed by atoms with Gasteiger partial charge in [0.25, 0.3) is 0 Å². The summed E-state index contributed by atoms with van der Waals surface area (Å²) in [7, 11) is 0. The van der Waals surface area contributed by atoms with Gasteiger partial charge in [-0.2, -0.15) is 0 Å². The molecule has 0 aromatic heterocycles. The van der Waals surface area contributed by atoms with Gasteiger partial charge in [0.1, 0.15) is 46.0 Å². The van der Waals surface area contributed by atoms with Crippen LogP contribution < -0.4 is 80.4 Å². The lowest BCUT2D eigenvalue weighted by molar-refractivity contribution is 0.261. The molecule has 20 heteroatoms. The summed E-state index contributed by atoms with van der Waals surface area (Å²) in [6, 6.07) is 44.3. The molecular formula is C112H152N8O12. The highest BCUT2D eigenvalue weighted by Crippen LogP contribution is 2.44. The van der Waals surface area contributed by atoms with Crippen molar-refractivity contribution in [1.82, 2.24) is 0 Å². The average Bonchev–Trinajstić information content (AvgIpc) is 0.769. The number of fused-ring (bicyclic) bond motifs is 16. The van der Waals surface area contributed by atoms with E-state index >= 15 is 19.2 Å². The largest absolute Gasteiger partial charge is 0.494 e. The molecule has 8 aromatic rings. The van der Waals surface area contributed by atoms with Crippen molar-refractivity contribution in [2.75, 3.05) is 95.4 Å². The molecule has 20 bridgehead atoms. The summed E-state index contributed by atoms with van der Waals surface area (Å²) in [5.41, 5.74) is 10.0. The standard InChI is InChI=1S/C112H152N8O12/c1-5-9-13-41-65-129-105-85-69-86-74-98-79-91(106(86)130-66-42-14-10-6-2)72-92-80-100-76-88(108(92)132-68-44-16-12-8-4)70-87-75-99(119-111(123)115-95-55-51-59-103(83-95)127-63-47-39-35-31-27-23-19-20-24-28-32-36-40-48-64-128-104-60-52-56-96(84-104)116-112(124)120-100)78-90(107(87)131-67-43-15-11-7-3)71-89(105)77-97(73-85)117-109(121)113-93-53-49-57-101(81-93)125-61-45-37-33-29-25-21-17-18-22-26-30-34-38-46-62-126-102-58-50-54-94(82-102)114-110(122)118-98/h17-20,49-60,73-84H,5-16,21-48,61-72H2,1-4H3,(H2,113,117,121)(H2,114,118,122)(H2,115,119,123)(H2,116,120,124)/b18-17+,20-19?. The second-order valence-corrected chi connectivity index (χ2v) is 35.8. The van der Waals surface area contributed by atoms with E-state index in [0.29, 0.717) is 144 Å². The summed E-state index contributed by atoms with van der Waals surface area (Å²) in [6.07, 6.45) is 51.5. The van der Waals surface area contributed by atoms with Crippen LogP contribution in [0.4, 0.5) is 64.7 Å². The Hall–Kier alpha value is -11.3. The molecule has 0 fully saturated rings. The predicted octanol–water partition coefficient (Wildman–Crippen LogP) is 30.8. The van der Waals surface area contributed by atoms with Gasteiger partial charge in [-0.1, -0.05) is 230 Å². The number of nitrogens with one attached hydrogen (secondary N) is 8. The zero-order chi connectivity index (χ0) is 92.0. The molecule has 8 amide bonds. The van der Waals surface area contributed by atoms with Crippen LogP contribution in [-0.4, -0.2) is 77.0 Å². The number of rotatable bonds is 24. The summed E-state index contributed by atoms with van der Waals surface area (Å²) >= 11 is 0. The van der Waals surface area contributed by atoms with Crippen LogP contribution in [0.1, 0.15) is 329 Å². The van der Waals surface area contributed by atoms with E-state index in [2.05, 4.69) is 94.5 Å². The summed E-state index contributed by atoms with van der Waals surface area (Å²) < 4.78 is 55.0. The maximum atomic E-state index is 15.1. The molecule has 8 aromatic carbocycles. The fourth-order valence-electron chi connectivity index (χ4n) is 17.4. The smallest absolute Gasteiger partial charge is 0.323 e. The van der Waals surface area contributed by atoms with Gasteiger partial charge in [-0.25, -0.2) is 19.2 Å². The zero-order valence-electron chi connectivity index (χ0n) is 79.8. The van der Waals surface area contributed by atoms with Crippen LogP contribution in [-0.2, 0) is 25.7 Å². The molecule has 132 heavy (non-hydrogen) atoms. The molecule has 2 aliphatic heterocycles. The average molecular weight is 1800 g/mol. The molecule has 712 valence electrons. The number of hydrogen-bond donors (Lipinski definition) is 8. The lowest BCUT2D eigenvalue weighted by atomic mass is 9.90. The van der Waals surface area contributed by atoms with Gasteiger partial charge in [0, 0.05) is 140 Å². The maximum absolute atomic E-state index is 15.1. The third kappa shape index (κ3) is 37.1. The van der Waals surface area contributed by atoms with Gasteiger partial charge in [-0.3, -0.25) is 0 Å². The van der Waals surface area contributed by atoms with Crippen LogP contribution in [0.3, 0.4) is 0 Å². The Labute approximate surface area is 788 Å². The first-order valence-electron chi connectivity index (χ1n) is 50.6. The van der Waals surface area contributed by atoms with Gasteiger partial charge in [0.2, 0.25) is 0 Å². The molecule has 2 heterocycles. The molecule has 0 saturated carbocycles. The van der Waals surface area contributed by atoms with Crippen LogP contribution in [0.5, 0.6) is 46.0 Å². The van der Waals surface area contributed by atoms with Crippen LogP contribution in [0.25, 0.3) is 0 Å². The van der Waals surface area contributed by atoms with Gasteiger partial charge < -0.3 is 80.4 Å². The summed E-state index contributed by atoms with van der Waals surface area (Å²) in [4.78, 5) is 60.4. The molecule has 20 nitrogen and oxygen atoms in total. The quantitative estimate of drug-likeness (QED) is 0.0208. The second kappa shape index (κ2) is 59.3. The number of carbonyl (C=O) groups is 4. The van der Waals surface area contributed by atoms with Gasteiger partial charge in [-0.15, -0.1) is 0 Å². The molecule has 3 aliphatic rings. The van der Waals surface area contributed by atoms with Crippen molar-refractivity contribution >= 4 is 69.6 Å². The van der Waals surface area contributed by atoms with E-state index in [1.807, 2.05) is 146 Å². The maximum Gasteiger partial charge on any atom is 0.323 e. The molecule has 0 saturated heterocycles. The first kappa shape index (κ1) is 101. The summed E-state index contributed by atoms with van der Waals surface area (Å²) in [5, 5.41) is 25.9. The fraction of sp³-hybridized carbons (Fsp3) is 0.500. The van der Waals surface area contributed by atoms with Crippen molar-refractivity contribution in [3.8, 4) is 46.0 Å². The van der Waals surface area contributed by atoms with Crippen LogP contribution in [0, 0.1) is 0 Å². The molecule has 11 rings (SSSR count). The van der Waals surface area contributed by atoms with E-state index in [9.17, 15) is 0 Å². The minimum absolute atomic E-state index is 0.177. The molecule has 8 N–H and O–H groups in total. The number of allylic oxidation sites excluding steroid dienone is 4.